The van der Waals surface area contributed by atoms with Gasteiger partial charge >= 0.3 is 0 Å². The van der Waals surface area contributed by atoms with Crippen LogP contribution in [-0.2, 0) is 18.3 Å². The van der Waals surface area contributed by atoms with Gasteiger partial charge in [0.1, 0.15) is 0 Å². The third-order valence-electron chi connectivity index (χ3n) is 13.9. The molecule has 2 fully saturated rings. The zero-order valence-corrected chi connectivity index (χ0v) is 32.3. The van der Waals surface area contributed by atoms with E-state index < -0.39 is 0 Å². The normalized spacial score (nSPS) is 19.6. The summed E-state index contributed by atoms with van der Waals surface area (Å²) in [5.41, 5.74) is 16.6. The van der Waals surface area contributed by atoms with Gasteiger partial charge in [0.15, 0.2) is 0 Å². The van der Waals surface area contributed by atoms with Gasteiger partial charge in [0.25, 0.3) is 0 Å². The van der Waals surface area contributed by atoms with Gasteiger partial charge in [-0.3, -0.25) is 0 Å². The van der Waals surface area contributed by atoms with Crippen LogP contribution in [-0.4, -0.2) is 0 Å². The van der Waals surface area contributed by atoms with E-state index in [1.165, 1.54) is 145 Å². The van der Waals surface area contributed by atoms with E-state index in [0.717, 1.165) is 12.8 Å². The molecule has 2 saturated carbocycles. The molecule has 0 amide bonds. The molecule has 1 spiro atoms. The third-order valence-corrected chi connectivity index (χ3v) is 13.9. The van der Waals surface area contributed by atoms with Crippen LogP contribution in [0, 0.1) is 0 Å². The first-order valence-electron chi connectivity index (χ1n) is 21.4. The van der Waals surface area contributed by atoms with Crippen molar-refractivity contribution in [2.75, 3.05) is 9.80 Å². The van der Waals surface area contributed by atoms with Crippen molar-refractivity contribution in [3.05, 3.63) is 179 Å². The van der Waals surface area contributed by atoms with Crippen molar-refractivity contribution >= 4 is 34.1 Å². The Labute approximate surface area is 328 Å². The Hall–Kier alpha value is -5.08. The van der Waals surface area contributed by atoms with E-state index in [9.17, 15) is 0 Å². The first kappa shape index (κ1) is 34.4. The Balaban J connectivity index is 1.05. The summed E-state index contributed by atoms with van der Waals surface area (Å²) in [6.45, 7) is 0. The average Bonchev–Trinajstić information content (AvgIpc) is 3.83. The smallest absolute Gasteiger partial charge is 0.0464 e. The van der Waals surface area contributed by atoms with Gasteiger partial charge in [-0.05, 0) is 169 Å². The van der Waals surface area contributed by atoms with Crippen molar-refractivity contribution in [2.24, 2.45) is 0 Å². The summed E-state index contributed by atoms with van der Waals surface area (Å²) in [7, 11) is 0. The van der Waals surface area contributed by atoms with Crippen molar-refractivity contribution < 1.29 is 0 Å². The highest BCUT2D eigenvalue weighted by atomic mass is 15.1. The number of nitrogens with zero attached hydrogens (tertiary/aromatic N) is 2. The second kappa shape index (κ2) is 14.9. The molecule has 0 N–H and O–H groups in total. The lowest BCUT2D eigenvalue weighted by atomic mass is 9.76. The van der Waals surface area contributed by atoms with Crippen LogP contribution in [0.1, 0.15) is 122 Å². The predicted molar refractivity (Wildman–Crippen MR) is 231 cm³/mol. The van der Waals surface area contributed by atoms with Crippen LogP contribution in [0.3, 0.4) is 0 Å². The first-order valence-corrected chi connectivity index (χ1v) is 21.4. The van der Waals surface area contributed by atoms with Crippen LogP contribution >= 0.6 is 0 Å². The number of hydrogen-bond donors (Lipinski definition) is 0. The molecule has 0 bridgehead atoms. The Morgan fingerprint density at radius 3 is 1.13 bits per heavy atom. The topological polar surface area (TPSA) is 6.48 Å². The quantitative estimate of drug-likeness (QED) is 0.155. The number of hydrogen-bond acceptors (Lipinski definition) is 2. The molecule has 0 saturated heterocycles. The number of anilines is 6. The van der Waals surface area contributed by atoms with Gasteiger partial charge < -0.3 is 9.80 Å². The van der Waals surface area contributed by atoms with Gasteiger partial charge in [0.05, 0.1) is 0 Å². The van der Waals surface area contributed by atoms with E-state index in [0.29, 0.717) is 11.8 Å². The molecule has 0 aromatic heterocycles. The molecule has 6 aromatic rings. The molecule has 0 radical (unpaired) electrons. The van der Waals surface area contributed by atoms with Crippen LogP contribution in [0.25, 0.3) is 0 Å². The monoisotopic (exact) mass is 718 g/mol. The molecule has 1 atom stereocenters. The Kier molecular flexibility index (Phi) is 9.30. The molecule has 0 aliphatic heterocycles. The number of para-hydroxylation sites is 2. The van der Waals surface area contributed by atoms with Crippen molar-refractivity contribution in [3.8, 4) is 0 Å². The van der Waals surface area contributed by atoms with Gasteiger partial charge in [-0.1, -0.05) is 111 Å². The molecule has 55 heavy (non-hydrogen) atoms. The summed E-state index contributed by atoms with van der Waals surface area (Å²) >= 11 is 0. The highest BCUT2D eigenvalue weighted by Crippen LogP contribution is 2.55. The largest absolute Gasteiger partial charge is 0.310 e. The van der Waals surface area contributed by atoms with Gasteiger partial charge in [0, 0.05) is 39.5 Å². The van der Waals surface area contributed by atoms with Crippen molar-refractivity contribution in [1.82, 2.24) is 0 Å². The maximum atomic E-state index is 2.58. The van der Waals surface area contributed by atoms with Gasteiger partial charge in [-0.25, -0.2) is 0 Å². The SMILES string of the molecule is c1ccc(N(c2ccccc2)c2ccc3c(c2)[C@@]2(CC3)CCc3ccc(N(c4ccc(C5CCCCC5)cc4)c4ccc(C5CCCCC5)cc4)cc32)cc1. The van der Waals surface area contributed by atoms with Crippen LogP contribution in [0.4, 0.5) is 34.1 Å². The lowest BCUT2D eigenvalue weighted by molar-refractivity contribution is 0.443. The first-order chi connectivity index (χ1) is 27.2. The molecule has 2 heteroatoms. The van der Waals surface area contributed by atoms with Crippen LogP contribution in [0.15, 0.2) is 146 Å². The molecule has 4 aliphatic carbocycles. The predicted octanol–water partition coefficient (Wildman–Crippen LogP) is 14.9. The van der Waals surface area contributed by atoms with E-state index >= 15 is 0 Å². The van der Waals surface area contributed by atoms with Crippen molar-refractivity contribution in [2.45, 2.75) is 107 Å². The van der Waals surface area contributed by atoms with Crippen LogP contribution < -0.4 is 9.80 Å². The molecule has 0 unspecified atom stereocenters. The standard InChI is InChI=1S/C53H54N2/c1-5-13-39(14-6-1)41-21-27-47(28-22-41)55(48-29-23-42(24-30-48)40-15-7-2-8-16-40)50-32-26-44-34-36-53(52(44)38-50)35-33-43-25-31-49(37-51(43)53)54(45-17-9-3-10-18-45)46-19-11-4-12-20-46/h3-4,9-12,17-32,37-40H,1-2,5-8,13-16,33-36H2/t53-/m1/s1. The second-order valence-electron chi connectivity index (χ2n) is 17.0. The maximum Gasteiger partial charge on any atom is 0.0464 e. The molecule has 0 heterocycles. The van der Waals surface area contributed by atoms with Crippen LogP contribution in [0.2, 0.25) is 0 Å². The van der Waals surface area contributed by atoms with E-state index in [4.69, 9.17) is 0 Å². The zero-order chi connectivity index (χ0) is 36.6. The minimum atomic E-state index is 0.0249. The summed E-state index contributed by atoms with van der Waals surface area (Å²) in [4.78, 5) is 4.97. The summed E-state index contributed by atoms with van der Waals surface area (Å²) < 4.78 is 0. The van der Waals surface area contributed by atoms with E-state index in [1.807, 2.05) is 0 Å². The fourth-order valence-corrected chi connectivity index (χ4v) is 11.0. The fraction of sp³-hybridized carbons (Fsp3) is 0.321. The highest BCUT2D eigenvalue weighted by Gasteiger charge is 2.45. The summed E-state index contributed by atoms with van der Waals surface area (Å²) in [6, 6.07) is 55.8. The minimum absolute atomic E-state index is 0.0249. The Bertz CT molecular complexity index is 2120. The lowest BCUT2D eigenvalue weighted by Crippen LogP contribution is -2.22. The second-order valence-corrected chi connectivity index (χ2v) is 17.0. The van der Waals surface area contributed by atoms with Gasteiger partial charge in [-0.2, -0.15) is 0 Å². The average molecular weight is 719 g/mol. The van der Waals surface area contributed by atoms with Gasteiger partial charge in [0.2, 0.25) is 0 Å². The zero-order valence-electron chi connectivity index (χ0n) is 32.3. The summed E-state index contributed by atoms with van der Waals surface area (Å²) in [6.07, 6.45) is 18.2. The molecular formula is C53H54N2. The third kappa shape index (κ3) is 6.48. The number of benzene rings is 6. The van der Waals surface area contributed by atoms with Crippen molar-refractivity contribution in [1.29, 1.82) is 0 Å². The molecular weight excluding hydrogens is 665 g/mol. The van der Waals surface area contributed by atoms with E-state index in [1.54, 1.807) is 0 Å². The Morgan fingerprint density at radius 2 is 0.727 bits per heavy atom. The highest BCUT2D eigenvalue weighted by molar-refractivity contribution is 5.80. The minimum Gasteiger partial charge on any atom is -0.310 e. The molecule has 4 aliphatic rings. The fourth-order valence-electron chi connectivity index (χ4n) is 11.0. The molecule has 10 rings (SSSR count). The van der Waals surface area contributed by atoms with Crippen molar-refractivity contribution in [3.63, 3.8) is 0 Å². The molecule has 6 aromatic carbocycles. The molecule has 276 valence electrons. The summed E-state index contributed by atoms with van der Waals surface area (Å²) in [5.74, 6) is 1.41. The van der Waals surface area contributed by atoms with E-state index in [-0.39, 0.29) is 5.41 Å². The van der Waals surface area contributed by atoms with E-state index in [2.05, 4.69) is 155 Å². The van der Waals surface area contributed by atoms with Crippen LogP contribution in [0.5, 0.6) is 0 Å². The maximum absolute atomic E-state index is 2.58. The number of rotatable bonds is 8. The number of aryl methyl sites for hydroxylation is 2. The lowest BCUT2D eigenvalue weighted by Gasteiger charge is -2.32. The summed E-state index contributed by atoms with van der Waals surface area (Å²) in [5, 5.41) is 0. The van der Waals surface area contributed by atoms with Gasteiger partial charge in [-0.15, -0.1) is 0 Å². The number of fused-ring (bicyclic) bond motifs is 4. The molecule has 2 nitrogen and oxygen atoms in total. The Morgan fingerprint density at radius 1 is 0.364 bits per heavy atom.